The number of primary amides is 1. The molecule has 1 aliphatic rings. The Balaban J connectivity index is 1.59. The number of carbonyl (C=O) groups is 1. The molecule has 0 bridgehead atoms. The number of aromatic nitrogens is 2. The maximum absolute atomic E-state index is 11.5. The van der Waals surface area contributed by atoms with Gasteiger partial charge in [0.1, 0.15) is 0 Å². The number of nitrogens with one attached hydrogen (secondary N) is 1. The smallest absolute Gasteiger partial charge is 0.252 e. The molecule has 5 heteroatoms. The van der Waals surface area contributed by atoms with Crippen molar-refractivity contribution in [3.63, 3.8) is 0 Å². The number of nitrogens with two attached hydrogens (primary N) is 1. The Morgan fingerprint density at radius 3 is 3.04 bits per heavy atom. The van der Waals surface area contributed by atoms with Crippen LogP contribution in [0.4, 0.5) is 0 Å². The lowest BCUT2D eigenvalue weighted by Gasteiger charge is -2.24. The van der Waals surface area contributed by atoms with Crippen molar-refractivity contribution in [3.8, 4) is 0 Å². The first kappa shape index (κ1) is 15.7. The van der Waals surface area contributed by atoms with E-state index in [1.165, 1.54) is 16.7 Å². The zero-order valence-corrected chi connectivity index (χ0v) is 13.8. The third kappa shape index (κ3) is 3.29. The van der Waals surface area contributed by atoms with Crippen LogP contribution in [0, 0.1) is 19.8 Å². The van der Waals surface area contributed by atoms with Gasteiger partial charge in [-0.1, -0.05) is 18.2 Å². The first-order valence-corrected chi connectivity index (χ1v) is 8.16. The number of hydrogen-bond donors (Lipinski definition) is 2. The van der Waals surface area contributed by atoms with Crippen molar-refractivity contribution in [1.82, 2.24) is 15.1 Å². The summed E-state index contributed by atoms with van der Waals surface area (Å²) in [6.07, 6.45) is 3.54. The fraction of sp³-hybridized carbons (Fsp3) is 0.444. The molecule has 0 spiro atoms. The van der Waals surface area contributed by atoms with Gasteiger partial charge in [0.15, 0.2) is 0 Å². The van der Waals surface area contributed by atoms with Crippen LogP contribution in [0.25, 0.3) is 0 Å². The predicted molar refractivity (Wildman–Crippen MR) is 90.2 cm³/mol. The third-order valence-corrected chi connectivity index (χ3v) is 4.91. The van der Waals surface area contributed by atoms with E-state index in [1.807, 2.05) is 4.68 Å². The molecule has 0 radical (unpaired) electrons. The molecule has 1 aliphatic heterocycles. The summed E-state index contributed by atoms with van der Waals surface area (Å²) in [5.74, 6) is 0.137. The molecule has 1 unspecified atom stereocenters. The molecule has 23 heavy (non-hydrogen) atoms. The van der Waals surface area contributed by atoms with Crippen LogP contribution in [0.15, 0.2) is 24.4 Å². The minimum Gasteiger partial charge on any atom is -0.365 e. The normalized spacial score (nSPS) is 17.0. The van der Waals surface area contributed by atoms with Crippen LogP contribution < -0.4 is 11.1 Å². The molecule has 5 nitrogen and oxygen atoms in total. The summed E-state index contributed by atoms with van der Waals surface area (Å²) in [5.41, 5.74) is 11.0. The van der Waals surface area contributed by atoms with E-state index in [0.717, 1.165) is 38.2 Å². The highest BCUT2D eigenvalue weighted by atomic mass is 16.1. The molecular weight excluding hydrogens is 288 g/mol. The monoisotopic (exact) mass is 312 g/mol. The van der Waals surface area contributed by atoms with Gasteiger partial charge in [0.2, 0.25) is 0 Å². The van der Waals surface area contributed by atoms with Crippen LogP contribution in [0.1, 0.15) is 39.2 Å². The lowest BCUT2D eigenvalue weighted by Crippen LogP contribution is -2.30. The predicted octanol–water partition coefficient (Wildman–Crippen LogP) is 1.95. The summed E-state index contributed by atoms with van der Waals surface area (Å²) in [6.45, 7) is 7.00. The number of hydrogen-bond acceptors (Lipinski definition) is 3. The average Bonchev–Trinajstić information content (AvgIpc) is 2.95. The highest BCUT2D eigenvalue weighted by Crippen LogP contribution is 2.22. The standard InChI is InChI=1S/C18H24N4O/c1-12-4-3-5-15(13(12)2)10-20-9-14-6-7-22-17(8-14)16(11-21-22)18(19)23/h3-5,11,14,20H,6-10H2,1-2H3,(H2,19,23). The maximum atomic E-state index is 11.5. The van der Waals surface area contributed by atoms with Crippen molar-refractivity contribution in [2.24, 2.45) is 11.7 Å². The Labute approximate surface area is 136 Å². The fourth-order valence-corrected chi connectivity index (χ4v) is 3.29. The number of nitrogens with zero attached hydrogens (tertiary/aromatic N) is 2. The van der Waals surface area contributed by atoms with Crippen LogP contribution >= 0.6 is 0 Å². The molecule has 0 fully saturated rings. The molecule has 3 N–H and O–H groups in total. The van der Waals surface area contributed by atoms with Crippen LogP contribution in [0.2, 0.25) is 0 Å². The van der Waals surface area contributed by atoms with E-state index < -0.39 is 0 Å². The first-order chi connectivity index (χ1) is 11.1. The van der Waals surface area contributed by atoms with E-state index in [0.29, 0.717) is 11.5 Å². The van der Waals surface area contributed by atoms with Gasteiger partial charge in [-0.3, -0.25) is 9.48 Å². The van der Waals surface area contributed by atoms with Gasteiger partial charge in [0, 0.05) is 13.1 Å². The summed E-state index contributed by atoms with van der Waals surface area (Å²) in [6, 6.07) is 6.43. The van der Waals surface area contributed by atoms with Gasteiger partial charge in [0.25, 0.3) is 5.91 Å². The SMILES string of the molecule is Cc1cccc(CNCC2CCn3ncc(C(N)=O)c3C2)c1C. The van der Waals surface area contributed by atoms with Gasteiger partial charge >= 0.3 is 0 Å². The molecule has 1 amide bonds. The molecular formula is C18H24N4O. The average molecular weight is 312 g/mol. The molecule has 122 valence electrons. The maximum Gasteiger partial charge on any atom is 0.252 e. The van der Waals surface area contributed by atoms with Crippen LogP contribution in [-0.4, -0.2) is 22.2 Å². The van der Waals surface area contributed by atoms with E-state index in [4.69, 9.17) is 5.73 Å². The second-order valence-electron chi connectivity index (χ2n) is 6.44. The van der Waals surface area contributed by atoms with Crippen LogP contribution in [0.5, 0.6) is 0 Å². The summed E-state index contributed by atoms with van der Waals surface area (Å²) in [5, 5.41) is 7.82. The lowest BCUT2D eigenvalue weighted by molar-refractivity contribution is 0.0998. The van der Waals surface area contributed by atoms with E-state index in [1.54, 1.807) is 6.20 Å². The van der Waals surface area contributed by atoms with Crippen molar-refractivity contribution < 1.29 is 4.79 Å². The van der Waals surface area contributed by atoms with Gasteiger partial charge in [-0.25, -0.2) is 0 Å². The molecule has 2 aromatic rings. The Morgan fingerprint density at radius 1 is 1.43 bits per heavy atom. The Bertz CT molecular complexity index is 720. The Hall–Kier alpha value is -2.14. The van der Waals surface area contributed by atoms with Crippen molar-refractivity contribution in [1.29, 1.82) is 0 Å². The number of fused-ring (bicyclic) bond motifs is 1. The second-order valence-corrected chi connectivity index (χ2v) is 6.44. The van der Waals surface area contributed by atoms with Crippen molar-refractivity contribution >= 4 is 5.91 Å². The van der Waals surface area contributed by atoms with Gasteiger partial charge in [-0.15, -0.1) is 0 Å². The highest BCUT2D eigenvalue weighted by molar-refractivity contribution is 5.93. The fourth-order valence-electron chi connectivity index (χ4n) is 3.29. The second kappa shape index (κ2) is 6.54. The lowest BCUT2D eigenvalue weighted by atomic mass is 9.94. The zero-order chi connectivity index (χ0) is 16.4. The number of rotatable bonds is 5. The number of carbonyl (C=O) groups excluding carboxylic acids is 1. The van der Waals surface area contributed by atoms with Gasteiger partial charge in [-0.05, 0) is 55.8 Å². The first-order valence-electron chi connectivity index (χ1n) is 8.16. The molecule has 1 aromatic heterocycles. The molecule has 0 saturated carbocycles. The van der Waals surface area contributed by atoms with Gasteiger partial charge in [0.05, 0.1) is 17.5 Å². The van der Waals surface area contributed by atoms with E-state index in [-0.39, 0.29) is 5.91 Å². The Kier molecular flexibility index (Phi) is 4.48. The largest absolute Gasteiger partial charge is 0.365 e. The molecule has 0 aliphatic carbocycles. The van der Waals surface area contributed by atoms with E-state index >= 15 is 0 Å². The van der Waals surface area contributed by atoms with Crippen molar-refractivity contribution in [2.75, 3.05) is 6.54 Å². The summed E-state index contributed by atoms with van der Waals surface area (Å²) >= 11 is 0. The number of amides is 1. The number of benzene rings is 1. The number of aryl methyl sites for hydroxylation is 2. The van der Waals surface area contributed by atoms with Crippen LogP contribution in [-0.2, 0) is 19.5 Å². The quantitative estimate of drug-likeness (QED) is 0.886. The molecule has 0 saturated heterocycles. The molecule has 1 atom stereocenters. The highest BCUT2D eigenvalue weighted by Gasteiger charge is 2.24. The van der Waals surface area contributed by atoms with Crippen molar-refractivity contribution in [3.05, 3.63) is 52.3 Å². The third-order valence-electron chi connectivity index (χ3n) is 4.91. The van der Waals surface area contributed by atoms with Crippen LogP contribution in [0.3, 0.4) is 0 Å². The molecule has 1 aromatic carbocycles. The minimum absolute atomic E-state index is 0.379. The molecule has 2 heterocycles. The van der Waals surface area contributed by atoms with E-state index in [9.17, 15) is 4.79 Å². The Morgan fingerprint density at radius 2 is 2.26 bits per heavy atom. The minimum atomic E-state index is -0.379. The zero-order valence-electron chi connectivity index (χ0n) is 13.8. The topological polar surface area (TPSA) is 72.9 Å². The summed E-state index contributed by atoms with van der Waals surface area (Å²) in [4.78, 5) is 11.5. The van der Waals surface area contributed by atoms with Gasteiger partial charge in [-0.2, -0.15) is 5.10 Å². The molecule has 3 rings (SSSR count). The summed E-state index contributed by atoms with van der Waals surface area (Å²) < 4.78 is 1.92. The van der Waals surface area contributed by atoms with Gasteiger partial charge < -0.3 is 11.1 Å². The summed E-state index contributed by atoms with van der Waals surface area (Å²) in [7, 11) is 0. The van der Waals surface area contributed by atoms with E-state index in [2.05, 4.69) is 42.5 Å². The van der Waals surface area contributed by atoms with Crippen molar-refractivity contribution in [2.45, 2.75) is 39.8 Å².